The van der Waals surface area contributed by atoms with E-state index >= 15 is 0 Å². The molecule has 2 atom stereocenters. The second-order valence-corrected chi connectivity index (χ2v) is 6.19. The molecule has 2 N–H and O–H groups in total. The van der Waals surface area contributed by atoms with Crippen molar-refractivity contribution in [3.63, 3.8) is 0 Å². The lowest BCUT2D eigenvalue weighted by Crippen LogP contribution is -2.36. The standard InChI is InChI=1S/C18H25N3O/c22-14-16-7-2-1-3-9-18(16)19-13-15-6-4-8-17(12-15)21-11-5-10-20-21/h4-6,8,10-12,16,18-19,22H,1-3,7,9,13-14H2. The summed E-state index contributed by atoms with van der Waals surface area (Å²) < 4.78 is 1.88. The number of hydrogen-bond donors (Lipinski definition) is 2. The van der Waals surface area contributed by atoms with Crippen LogP contribution in [0.15, 0.2) is 42.7 Å². The Kier molecular flexibility index (Phi) is 5.24. The van der Waals surface area contributed by atoms with Crippen molar-refractivity contribution in [3.05, 3.63) is 48.3 Å². The summed E-state index contributed by atoms with van der Waals surface area (Å²) in [6.45, 7) is 1.14. The smallest absolute Gasteiger partial charge is 0.0648 e. The molecular formula is C18H25N3O. The number of hydrogen-bond acceptors (Lipinski definition) is 3. The second kappa shape index (κ2) is 7.56. The fourth-order valence-corrected chi connectivity index (χ4v) is 3.35. The lowest BCUT2D eigenvalue weighted by Gasteiger charge is -2.24. The molecule has 2 unspecified atom stereocenters. The minimum Gasteiger partial charge on any atom is -0.396 e. The van der Waals surface area contributed by atoms with Gasteiger partial charge in [-0.15, -0.1) is 0 Å². The van der Waals surface area contributed by atoms with Crippen LogP contribution in [0.25, 0.3) is 5.69 Å². The topological polar surface area (TPSA) is 50.1 Å². The molecule has 0 bridgehead atoms. The van der Waals surface area contributed by atoms with Crippen molar-refractivity contribution in [1.29, 1.82) is 0 Å². The molecule has 1 fully saturated rings. The van der Waals surface area contributed by atoms with Crippen molar-refractivity contribution in [1.82, 2.24) is 15.1 Å². The van der Waals surface area contributed by atoms with E-state index in [9.17, 15) is 5.11 Å². The number of rotatable bonds is 5. The number of nitrogens with zero attached hydrogens (tertiary/aromatic N) is 2. The zero-order valence-corrected chi connectivity index (χ0v) is 13.0. The van der Waals surface area contributed by atoms with Gasteiger partial charge in [0.05, 0.1) is 5.69 Å². The fraction of sp³-hybridized carbons (Fsp3) is 0.500. The molecule has 1 saturated carbocycles. The lowest BCUT2D eigenvalue weighted by atomic mass is 9.95. The van der Waals surface area contributed by atoms with Crippen molar-refractivity contribution >= 4 is 0 Å². The zero-order valence-electron chi connectivity index (χ0n) is 13.0. The Morgan fingerprint density at radius 2 is 2.09 bits per heavy atom. The molecule has 3 rings (SSSR count). The molecule has 1 aliphatic carbocycles. The van der Waals surface area contributed by atoms with Gasteiger partial charge in [0.2, 0.25) is 0 Å². The molecule has 0 saturated heterocycles. The van der Waals surface area contributed by atoms with Crippen LogP contribution in [0.1, 0.15) is 37.7 Å². The van der Waals surface area contributed by atoms with Gasteiger partial charge in [0.25, 0.3) is 0 Å². The van der Waals surface area contributed by atoms with E-state index in [1.165, 1.54) is 31.2 Å². The van der Waals surface area contributed by atoms with E-state index in [-0.39, 0.29) is 0 Å². The molecule has 118 valence electrons. The first-order valence-electron chi connectivity index (χ1n) is 8.30. The van der Waals surface area contributed by atoms with E-state index in [1.807, 2.05) is 16.9 Å². The summed E-state index contributed by atoms with van der Waals surface area (Å²) >= 11 is 0. The van der Waals surface area contributed by atoms with Crippen LogP contribution >= 0.6 is 0 Å². The second-order valence-electron chi connectivity index (χ2n) is 6.19. The number of aliphatic hydroxyl groups excluding tert-OH is 1. The summed E-state index contributed by atoms with van der Waals surface area (Å²) in [6, 6.07) is 10.8. The van der Waals surface area contributed by atoms with Crippen LogP contribution in [-0.2, 0) is 6.54 Å². The highest BCUT2D eigenvalue weighted by Gasteiger charge is 2.22. The van der Waals surface area contributed by atoms with Crippen molar-refractivity contribution in [2.45, 2.75) is 44.7 Å². The van der Waals surface area contributed by atoms with Crippen LogP contribution < -0.4 is 5.32 Å². The number of nitrogens with one attached hydrogen (secondary N) is 1. The summed E-state index contributed by atoms with van der Waals surface area (Å²) in [5.74, 6) is 0.400. The van der Waals surface area contributed by atoms with E-state index < -0.39 is 0 Å². The van der Waals surface area contributed by atoms with Gasteiger partial charge in [0, 0.05) is 31.6 Å². The van der Waals surface area contributed by atoms with Crippen LogP contribution in [-0.4, -0.2) is 27.5 Å². The van der Waals surface area contributed by atoms with E-state index in [0.29, 0.717) is 18.6 Å². The molecule has 22 heavy (non-hydrogen) atoms. The van der Waals surface area contributed by atoms with Gasteiger partial charge in [-0.25, -0.2) is 4.68 Å². The van der Waals surface area contributed by atoms with E-state index in [0.717, 1.165) is 18.7 Å². The van der Waals surface area contributed by atoms with Crippen LogP contribution in [0.5, 0.6) is 0 Å². The van der Waals surface area contributed by atoms with E-state index in [2.05, 4.69) is 34.7 Å². The maximum Gasteiger partial charge on any atom is 0.0648 e. The first kappa shape index (κ1) is 15.3. The molecule has 1 aliphatic rings. The summed E-state index contributed by atoms with van der Waals surface area (Å²) in [4.78, 5) is 0. The van der Waals surface area contributed by atoms with Gasteiger partial charge in [-0.2, -0.15) is 5.10 Å². The molecule has 1 aromatic heterocycles. The van der Waals surface area contributed by atoms with Gasteiger partial charge < -0.3 is 10.4 Å². The molecule has 0 radical (unpaired) electrons. The third-order valence-corrected chi connectivity index (χ3v) is 4.64. The maximum atomic E-state index is 9.60. The molecule has 1 aromatic carbocycles. The molecule has 4 nitrogen and oxygen atoms in total. The van der Waals surface area contributed by atoms with Gasteiger partial charge in [-0.1, -0.05) is 31.4 Å². The van der Waals surface area contributed by atoms with Crippen molar-refractivity contribution in [2.24, 2.45) is 5.92 Å². The van der Waals surface area contributed by atoms with E-state index in [1.54, 1.807) is 6.20 Å². The molecule has 1 heterocycles. The Labute approximate surface area is 132 Å². The van der Waals surface area contributed by atoms with Crippen LogP contribution in [0.4, 0.5) is 0 Å². The normalized spacial score (nSPS) is 22.4. The highest BCUT2D eigenvalue weighted by atomic mass is 16.3. The number of benzene rings is 1. The van der Waals surface area contributed by atoms with Crippen molar-refractivity contribution in [3.8, 4) is 5.69 Å². The van der Waals surface area contributed by atoms with Gasteiger partial charge in [-0.3, -0.25) is 0 Å². The average Bonchev–Trinajstić information content (AvgIpc) is 3.00. The Bertz CT molecular complexity index is 567. The summed E-state index contributed by atoms with van der Waals surface area (Å²) in [5, 5.41) is 17.5. The SMILES string of the molecule is OCC1CCCCCC1NCc1cccc(-n2cccn2)c1. The molecule has 0 spiro atoms. The minimum atomic E-state index is 0.297. The highest BCUT2D eigenvalue weighted by Crippen LogP contribution is 2.23. The monoisotopic (exact) mass is 299 g/mol. The number of aliphatic hydroxyl groups is 1. The zero-order chi connectivity index (χ0) is 15.2. The minimum absolute atomic E-state index is 0.297. The molecule has 2 aromatic rings. The van der Waals surface area contributed by atoms with Crippen molar-refractivity contribution in [2.75, 3.05) is 6.61 Å². The van der Waals surface area contributed by atoms with Crippen LogP contribution in [0.3, 0.4) is 0 Å². The lowest BCUT2D eigenvalue weighted by molar-refractivity contribution is 0.181. The Hall–Kier alpha value is -1.65. The summed E-state index contributed by atoms with van der Waals surface area (Å²) in [5.41, 5.74) is 2.35. The molecular weight excluding hydrogens is 274 g/mol. The molecule has 4 heteroatoms. The predicted octanol–water partition coefficient (Wildman–Crippen LogP) is 2.90. The quantitative estimate of drug-likeness (QED) is 0.835. The first-order chi connectivity index (χ1) is 10.9. The van der Waals surface area contributed by atoms with Crippen molar-refractivity contribution < 1.29 is 5.11 Å². The highest BCUT2D eigenvalue weighted by molar-refractivity contribution is 5.35. The fourth-order valence-electron chi connectivity index (χ4n) is 3.35. The summed E-state index contributed by atoms with van der Waals surface area (Å²) in [6.07, 6.45) is 9.87. The van der Waals surface area contributed by atoms with Crippen LogP contribution in [0.2, 0.25) is 0 Å². The largest absolute Gasteiger partial charge is 0.396 e. The third kappa shape index (κ3) is 3.76. The van der Waals surface area contributed by atoms with Gasteiger partial charge >= 0.3 is 0 Å². The van der Waals surface area contributed by atoms with Gasteiger partial charge in [0.1, 0.15) is 0 Å². The molecule has 0 amide bonds. The number of aromatic nitrogens is 2. The van der Waals surface area contributed by atoms with E-state index in [4.69, 9.17) is 0 Å². The van der Waals surface area contributed by atoms with Gasteiger partial charge in [0.15, 0.2) is 0 Å². The average molecular weight is 299 g/mol. The Morgan fingerprint density at radius 1 is 1.18 bits per heavy atom. The Morgan fingerprint density at radius 3 is 2.91 bits per heavy atom. The maximum absolute atomic E-state index is 9.60. The Balaban J connectivity index is 1.64. The third-order valence-electron chi connectivity index (χ3n) is 4.64. The summed E-state index contributed by atoms with van der Waals surface area (Å²) in [7, 11) is 0. The van der Waals surface area contributed by atoms with Crippen LogP contribution in [0, 0.1) is 5.92 Å². The van der Waals surface area contributed by atoms with Gasteiger partial charge in [-0.05, 0) is 42.5 Å². The first-order valence-corrected chi connectivity index (χ1v) is 8.30. The predicted molar refractivity (Wildman–Crippen MR) is 87.9 cm³/mol. The molecule has 0 aliphatic heterocycles.